The molecular formula is C13H17FO. The maximum absolute atomic E-state index is 13.0. The lowest BCUT2D eigenvalue weighted by molar-refractivity contribution is 0.162. The van der Waals surface area contributed by atoms with Crippen LogP contribution in [0.25, 0.3) is 0 Å². The first-order chi connectivity index (χ1) is 7.16. The largest absolute Gasteiger partial charge is 0.388 e. The highest BCUT2D eigenvalue weighted by Crippen LogP contribution is 2.35. The number of benzene rings is 1. The van der Waals surface area contributed by atoms with Crippen molar-refractivity contribution in [2.24, 2.45) is 5.92 Å². The number of hydrogen-bond acceptors (Lipinski definition) is 1. The highest BCUT2D eigenvalue weighted by atomic mass is 19.1. The molecule has 1 saturated carbocycles. The monoisotopic (exact) mass is 208 g/mol. The van der Waals surface area contributed by atoms with E-state index in [1.807, 2.05) is 0 Å². The lowest BCUT2D eigenvalue weighted by Crippen LogP contribution is -1.99. The molecule has 2 rings (SSSR count). The third-order valence-corrected chi connectivity index (χ3v) is 3.11. The van der Waals surface area contributed by atoms with Crippen LogP contribution in [-0.4, -0.2) is 5.11 Å². The van der Waals surface area contributed by atoms with E-state index in [4.69, 9.17) is 0 Å². The van der Waals surface area contributed by atoms with Gasteiger partial charge in [0.25, 0.3) is 0 Å². The summed E-state index contributed by atoms with van der Waals surface area (Å²) in [7, 11) is 0. The predicted octanol–water partition coefficient (Wildman–Crippen LogP) is 3.36. The number of hydrogen-bond donors (Lipinski definition) is 1. The summed E-state index contributed by atoms with van der Waals surface area (Å²) >= 11 is 0. The van der Waals surface area contributed by atoms with Crippen LogP contribution in [0.1, 0.15) is 42.9 Å². The van der Waals surface area contributed by atoms with Crippen molar-refractivity contribution >= 4 is 0 Å². The van der Waals surface area contributed by atoms with Gasteiger partial charge in [0.1, 0.15) is 5.82 Å². The van der Waals surface area contributed by atoms with Gasteiger partial charge in [0.15, 0.2) is 0 Å². The van der Waals surface area contributed by atoms with E-state index >= 15 is 0 Å². The third-order valence-electron chi connectivity index (χ3n) is 3.11. The van der Waals surface area contributed by atoms with E-state index in [9.17, 15) is 9.50 Å². The summed E-state index contributed by atoms with van der Waals surface area (Å²) in [6.07, 6.45) is 4.10. The van der Waals surface area contributed by atoms with Crippen LogP contribution in [0, 0.1) is 18.7 Å². The highest BCUT2D eigenvalue weighted by molar-refractivity contribution is 5.25. The minimum atomic E-state index is -0.426. The number of aliphatic hydroxyl groups excluding tert-OH is 1. The Balaban J connectivity index is 1.97. The van der Waals surface area contributed by atoms with Crippen molar-refractivity contribution in [1.29, 1.82) is 0 Å². The predicted molar refractivity (Wildman–Crippen MR) is 58.1 cm³/mol. The van der Waals surface area contributed by atoms with E-state index in [0.717, 1.165) is 24.3 Å². The van der Waals surface area contributed by atoms with Gasteiger partial charge in [0.2, 0.25) is 0 Å². The molecule has 2 heteroatoms. The van der Waals surface area contributed by atoms with Crippen molar-refractivity contribution in [3.8, 4) is 0 Å². The lowest BCUT2D eigenvalue weighted by atomic mass is 10.0. The summed E-state index contributed by atoms with van der Waals surface area (Å²) in [6.45, 7) is 1.73. The molecule has 0 radical (unpaired) electrons. The van der Waals surface area contributed by atoms with Gasteiger partial charge in [-0.15, -0.1) is 0 Å². The fourth-order valence-electron chi connectivity index (χ4n) is 1.84. The molecule has 1 N–H and O–H groups in total. The topological polar surface area (TPSA) is 20.2 Å². The molecule has 1 aliphatic carbocycles. The van der Waals surface area contributed by atoms with E-state index in [1.54, 1.807) is 19.1 Å². The molecule has 1 aromatic rings. The summed E-state index contributed by atoms with van der Waals surface area (Å²) in [5, 5.41) is 9.89. The first kappa shape index (κ1) is 10.6. The summed E-state index contributed by atoms with van der Waals surface area (Å²) in [4.78, 5) is 0. The molecule has 0 bridgehead atoms. The van der Waals surface area contributed by atoms with Crippen LogP contribution < -0.4 is 0 Å². The zero-order valence-electron chi connectivity index (χ0n) is 9.04. The summed E-state index contributed by atoms with van der Waals surface area (Å²) in [5.41, 5.74) is 1.45. The molecule has 0 aliphatic heterocycles. The Morgan fingerprint density at radius 1 is 1.47 bits per heavy atom. The van der Waals surface area contributed by atoms with Crippen molar-refractivity contribution in [1.82, 2.24) is 0 Å². The van der Waals surface area contributed by atoms with Gasteiger partial charge >= 0.3 is 0 Å². The summed E-state index contributed by atoms with van der Waals surface area (Å²) in [6, 6.07) is 4.86. The smallest absolute Gasteiger partial charge is 0.126 e. The van der Waals surface area contributed by atoms with Crippen molar-refractivity contribution < 1.29 is 9.50 Å². The molecule has 1 fully saturated rings. The Morgan fingerprint density at radius 2 is 2.20 bits per heavy atom. The van der Waals surface area contributed by atoms with Crippen LogP contribution in [0.5, 0.6) is 0 Å². The second-order valence-electron chi connectivity index (χ2n) is 4.55. The Hall–Kier alpha value is -0.890. The van der Waals surface area contributed by atoms with Gasteiger partial charge in [0, 0.05) is 0 Å². The molecule has 0 aromatic heterocycles. The minimum Gasteiger partial charge on any atom is -0.388 e. The van der Waals surface area contributed by atoms with E-state index in [1.165, 1.54) is 18.9 Å². The van der Waals surface area contributed by atoms with Crippen LogP contribution in [0.3, 0.4) is 0 Å². The normalized spacial score (nSPS) is 17.8. The molecule has 0 saturated heterocycles. The van der Waals surface area contributed by atoms with Gasteiger partial charge in [-0.3, -0.25) is 0 Å². The van der Waals surface area contributed by atoms with Gasteiger partial charge in [-0.05, 0) is 42.9 Å². The molecule has 1 unspecified atom stereocenters. The maximum Gasteiger partial charge on any atom is 0.126 e. The fourth-order valence-corrected chi connectivity index (χ4v) is 1.84. The number of aliphatic hydroxyl groups is 1. The number of halogens is 1. The number of rotatable bonds is 4. The zero-order chi connectivity index (χ0) is 10.8. The lowest BCUT2D eigenvalue weighted by Gasteiger charge is -2.11. The molecule has 1 atom stereocenters. The molecular weight excluding hydrogens is 191 g/mol. The average molecular weight is 208 g/mol. The second kappa shape index (κ2) is 4.31. The Labute approximate surface area is 89.9 Å². The minimum absolute atomic E-state index is 0.201. The van der Waals surface area contributed by atoms with Crippen LogP contribution in [0.15, 0.2) is 18.2 Å². The average Bonchev–Trinajstić information content (AvgIpc) is 3.02. The van der Waals surface area contributed by atoms with Gasteiger partial charge in [-0.1, -0.05) is 25.0 Å². The van der Waals surface area contributed by atoms with E-state index in [2.05, 4.69) is 0 Å². The van der Waals surface area contributed by atoms with E-state index in [0.29, 0.717) is 5.56 Å². The zero-order valence-corrected chi connectivity index (χ0v) is 9.04. The first-order valence-corrected chi connectivity index (χ1v) is 5.61. The van der Waals surface area contributed by atoms with Crippen LogP contribution in [-0.2, 0) is 0 Å². The molecule has 0 spiro atoms. The van der Waals surface area contributed by atoms with Crippen molar-refractivity contribution in [3.63, 3.8) is 0 Å². The molecule has 1 nitrogen and oxygen atoms in total. The van der Waals surface area contributed by atoms with Crippen molar-refractivity contribution in [2.45, 2.75) is 38.7 Å². The van der Waals surface area contributed by atoms with Crippen LogP contribution in [0.2, 0.25) is 0 Å². The van der Waals surface area contributed by atoms with Crippen molar-refractivity contribution in [3.05, 3.63) is 35.1 Å². The Morgan fingerprint density at radius 3 is 2.80 bits per heavy atom. The molecule has 0 heterocycles. The Kier molecular flexibility index (Phi) is 3.06. The fraction of sp³-hybridized carbons (Fsp3) is 0.538. The summed E-state index contributed by atoms with van der Waals surface area (Å²) < 4.78 is 13.0. The second-order valence-corrected chi connectivity index (χ2v) is 4.55. The van der Waals surface area contributed by atoms with E-state index < -0.39 is 6.10 Å². The quantitative estimate of drug-likeness (QED) is 0.804. The van der Waals surface area contributed by atoms with Gasteiger partial charge in [-0.2, -0.15) is 0 Å². The van der Waals surface area contributed by atoms with Gasteiger partial charge < -0.3 is 5.11 Å². The molecule has 0 amide bonds. The van der Waals surface area contributed by atoms with Gasteiger partial charge in [-0.25, -0.2) is 4.39 Å². The highest BCUT2D eigenvalue weighted by Gasteiger charge is 2.22. The summed E-state index contributed by atoms with van der Waals surface area (Å²) in [5.74, 6) is 0.634. The molecule has 1 aromatic carbocycles. The number of aryl methyl sites for hydroxylation is 1. The molecule has 1 aliphatic rings. The van der Waals surface area contributed by atoms with Crippen LogP contribution in [0.4, 0.5) is 4.39 Å². The SMILES string of the molecule is Cc1cc(C(O)CCC2CC2)ccc1F. The third kappa shape index (κ3) is 2.78. The Bertz CT molecular complexity index is 344. The van der Waals surface area contributed by atoms with Crippen LogP contribution >= 0.6 is 0 Å². The van der Waals surface area contributed by atoms with E-state index in [-0.39, 0.29) is 5.82 Å². The maximum atomic E-state index is 13.0. The molecule has 82 valence electrons. The first-order valence-electron chi connectivity index (χ1n) is 5.61. The standard InChI is InChI=1S/C13H17FO/c1-9-8-11(5-6-12(9)14)13(15)7-4-10-2-3-10/h5-6,8,10,13,15H,2-4,7H2,1H3. The van der Waals surface area contributed by atoms with Crippen molar-refractivity contribution in [2.75, 3.05) is 0 Å². The molecule has 15 heavy (non-hydrogen) atoms. The van der Waals surface area contributed by atoms with Gasteiger partial charge in [0.05, 0.1) is 6.10 Å².